The summed E-state index contributed by atoms with van der Waals surface area (Å²) in [5.41, 5.74) is 1.70. The second-order valence-electron chi connectivity index (χ2n) is 3.58. The van der Waals surface area contributed by atoms with Crippen molar-refractivity contribution < 1.29 is 9.53 Å². The van der Waals surface area contributed by atoms with Crippen LogP contribution in [-0.4, -0.2) is 22.7 Å². The zero-order valence-electron chi connectivity index (χ0n) is 9.68. The van der Waals surface area contributed by atoms with Crippen molar-refractivity contribution in [1.29, 1.82) is 0 Å². The van der Waals surface area contributed by atoms with Crippen molar-refractivity contribution in [3.05, 3.63) is 42.5 Å². The molecule has 1 heterocycles. The Bertz CT molecular complexity index is 521. The second-order valence-corrected chi connectivity index (χ2v) is 3.58. The number of aromatic nitrogens is 2. The van der Waals surface area contributed by atoms with E-state index in [0.29, 0.717) is 0 Å². The number of aryl methyl sites for hydroxylation is 1. The van der Waals surface area contributed by atoms with Crippen LogP contribution < -0.4 is 10.1 Å². The molecule has 17 heavy (non-hydrogen) atoms. The van der Waals surface area contributed by atoms with Crippen LogP contribution in [-0.2, 0) is 0 Å². The Hall–Kier alpha value is -2.30. The van der Waals surface area contributed by atoms with Crippen LogP contribution in [0.1, 0.15) is 5.56 Å². The van der Waals surface area contributed by atoms with Crippen LogP contribution in [0, 0.1) is 6.92 Å². The fourth-order valence-corrected chi connectivity index (χ4v) is 1.46. The number of hydrogen-bond donors (Lipinski definition) is 1. The van der Waals surface area contributed by atoms with Crippen molar-refractivity contribution in [2.75, 3.05) is 12.4 Å². The van der Waals surface area contributed by atoms with Crippen LogP contribution in [0.25, 0.3) is 0 Å². The van der Waals surface area contributed by atoms with Gasteiger partial charge in [-0.15, -0.1) is 0 Å². The number of ether oxygens (including phenoxy) is 1. The average Bonchev–Trinajstić information content (AvgIpc) is 2.85. The van der Waals surface area contributed by atoms with Gasteiger partial charge in [0, 0.05) is 18.1 Å². The molecule has 0 bridgehead atoms. The number of nitrogens with one attached hydrogen (secondary N) is 1. The zero-order chi connectivity index (χ0) is 12.3. The van der Waals surface area contributed by atoms with E-state index >= 15 is 0 Å². The maximum atomic E-state index is 11.8. The van der Waals surface area contributed by atoms with E-state index in [9.17, 15) is 4.79 Å². The summed E-state index contributed by atoms with van der Waals surface area (Å²) in [7, 11) is 1.61. The Labute approximate surface area is 99.0 Å². The van der Waals surface area contributed by atoms with E-state index in [-0.39, 0.29) is 6.03 Å². The number of amides is 1. The van der Waals surface area contributed by atoms with E-state index < -0.39 is 0 Å². The minimum absolute atomic E-state index is 0.240. The Morgan fingerprint density at radius 3 is 2.88 bits per heavy atom. The van der Waals surface area contributed by atoms with Gasteiger partial charge in [-0.3, -0.25) is 4.57 Å². The molecule has 5 heteroatoms. The summed E-state index contributed by atoms with van der Waals surface area (Å²) < 4.78 is 6.48. The lowest BCUT2D eigenvalue weighted by Gasteiger charge is -2.09. The fraction of sp³-hybridized carbons (Fsp3) is 0.167. The van der Waals surface area contributed by atoms with Crippen LogP contribution in [0.3, 0.4) is 0 Å². The fourth-order valence-electron chi connectivity index (χ4n) is 1.46. The van der Waals surface area contributed by atoms with Gasteiger partial charge >= 0.3 is 6.03 Å². The van der Waals surface area contributed by atoms with E-state index in [4.69, 9.17) is 4.74 Å². The standard InChI is InChI=1S/C12H13N3O2/c1-9-7-10(17-2)3-4-11(9)14-12(16)15-6-5-13-8-15/h3-8H,1-2H3,(H,14,16). The molecule has 1 N–H and O–H groups in total. The Morgan fingerprint density at radius 1 is 1.47 bits per heavy atom. The highest BCUT2D eigenvalue weighted by Crippen LogP contribution is 2.21. The quantitative estimate of drug-likeness (QED) is 0.862. The second kappa shape index (κ2) is 4.69. The van der Waals surface area contributed by atoms with Gasteiger partial charge in [0.2, 0.25) is 0 Å². The van der Waals surface area contributed by atoms with Crippen molar-refractivity contribution in [3.63, 3.8) is 0 Å². The molecule has 1 aromatic heterocycles. The van der Waals surface area contributed by atoms with Crippen LogP contribution in [0.5, 0.6) is 5.75 Å². The Balaban J connectivity index is 2.16. The molecule has 2 rings (SSSR count). The number of hydrogen-bond acceptors (Lipinski definition) is 3. The SMILES string of the molecule is COc1ccc(NC(=O)n2ccnc2)c(C)c1. The first kappa shape index (κ1) is 11.2. The summed E-state index contributed by atoms with van der Waals surface area (Å²) in [6, 6.07) is 5.24. The first-order valence-corrected chi connectivity index (χ1v) is 5.14. The third kappa shape index (κ3) is 2.44. The first-order valence-electron chi connectivity index (χ1n) is 5.14. The first-order chi connectivity index (χ1) is 8.20. The summed E-state index contributed by atoms with van der Waals surface area (Å²) >= 11 is 0. The molecule has 0 atom stereocenters. The number of rotatable bonds is 2. The van der Waals surface area contributed by atoms with Crippen molar-refractivity contribution in [1.82, 2.24) is 9.55 Å². The Kier molecular flexibility index (Phi) is 3.09. The molecule has 0 saturated heterocycles. The summed E-state index contributed by atoms with van der Waals surface area (Å²) in [5.74, 6) is 0.767. The molecular formula is C12H13N3O2. The lowest BCUT2D eigenvalue weighted by Crippen LogP contribution is -2.18. The largest absolute Gasteiger partial charge is 0.497 e. The number of methoxy groups -OCH3 is 1. The van der Waals surface area contributed by atoms with Gasteiger partial charge in [0.25, 0.3) is 0 Å². The Morgan fingerprint density at radius 2 is 2.29 bits per heavy atom. The number of carbonyl (C=O) groups is 1. The monoisotopic (exact) mass is 231 g/mol. The third-order valence-electron chi connectivity index (χ3n) is 2.41. The molecular weight excluding hydrogens is 218 g/mol. The average molecular weight is 231 g/mol. The highest BCUT2D eigenvalue weighted by molar-refractivity contribution is 5.91. The number of imidazole rings is 1. The molecule has 88 valence electrons. The minimum atomic E-state index is -0.240. The van der Waals surface area contributed by atoms with Gasteiger partial charge in [-0.25, -0.2) is 9.78 Å². The van der Waals surface area contributed by atoms with Gasteiger partial charge in [-0.2, -0.15) is 0 Å². The summed E-state index contributed by atoms with van der Waals surface area (Å²) in [4.78, 5) is 15.6. The molecule has 0 aliphatic carbocycles. The van der Waals surface area contributed by atoms with Crippen molar-refractivity contribution in [2.45, 2.75) is 6.92 Å². The highest BCUT2D eigenvalue weighted by Gasteiger charge is 2.06. The van der Waals surface area contributed by atoms with Crippen LogP contribution >= 0.6 is 0 Å². The van der Waals surface area contributed by atoms with Crippen molar-refractivity contribution in [2.24, 2.45) is 0 Å². The smallest absolute Gasteiger partial charge is 0.331 e. The maximum absolute atomic E-state index is 11.8. The maximum Gasteiger partial charge on any atom is 0.331 e. The molecule has 0 aliphatic rings. The number of nitrogens with zero attached hydrogens (tertiary/aromatic N) is 2. The summed E-state index contributed by atoms with van der Waals surface area (Å²) in [6.45, 7) is 1.91. The molecule has 5 nitrogen and oxygen atoms in total. The number of benzene rings is 1. The van der Waals surface area contributed by atoms with E-state index in [1.54, 1.807) is 25.6 Å². The van der Waals surface area contributed by atoms with Crippen molar-refractivity contribution >= 4 is 11.7 Å². The molecule has 2 aromatic rings. The van der Waals surface area contributed by atoms with Crippen molar-refractivity contribution in [3.8, 4) is 5.75 Å². The van der Waals surface area contributed by atoms with E-state index in [0.717, 1.165) is 17.0 Å². The molecule has 1 aromatic carbocycles. The highest BCUT2D eigenvalue weighted by atomic mass is 16.5. The van der Waals surface area contributed by atoms with E-state index in [2.05, 4.69) is 10.3 Å². The van der Waals surface area contributed by atoms with Crippen LogP contribution in [0.2, 0.25) is 0 Å². The minimum Gasteiger partial charge on any atom is -0.497 e. The van der Waals surface area contributed by atoms with Gasteiger partial charge in [0.15, 0.2) is 0 Å². The predicted octanol–water partition coefficient (Wildman–Crippen LogP) is 2.28. The van der Waals surface area contributed by atoms with Crippen LogP contribution in [0.4, 0.5) is 10.5 Å². The molecule has 0 radical (unpaired) electrons. The van der Waals surface area contributed by atoms with E-state index in [1.807, 2.05) is 19.1 Å². The number of anilines is 1. The number of carbonyl (C=O) groups excluding carboxylic acids is 1. The normalized spacial score (nSPS) is 10.0. The molecule has 0 aliphatic heterocycles. The van der Waals surface area contributed by atoms with Gasteiger partial charge in [0.1, 0.15) is 12.1 Å². The zero-order valence-corrected chi connectivity index (χ0v) is 9.68. The molecule has 1 amide bonds. The lowest BCUT2D eigenvalue weighted by atomic mass is 10.2. The predicted molar refractivity (Wildman–Crippen MR) is 64.4 cm³/mol. The van der Waals surface area contributed by atoms with Gasteiger partial charge < -0.3 is 10.1 Å². The van der Waals surface area contributed by atoms with Crippen LogP contribution in [0.15, 0.2) is 36.9 Å². The third-order valence-corrected chi connectivity index (χ3v) is 2.41. The molecule has 0 saturated carbocycles. The summed E-state index contributed by atoms with van der Waals surface area (Å²) in [6.07, 6.45) is 4.60. The lowest BCUT2D eigenvalue weighted by molar-refractivity contribution is 0.253. The molecule has 0 fully saturated rings. The van der Waals surface area contributed by atoms with Gasteiger partial charge in [0.05, 0.1) is 7.11 Å². The summed E-state index contributed by atoms with van der Waals surface area (Å²) in [5, 5.41) is 2.79. The van der Waals surface area contributed by atoms with Gasteiger partial charge in [-0.1, -0.05) is 0 Å². The molecule has 0 unspecified atom stereocenters. The topological polar surface area (TPSA) is 56.1 Å². The van der Waals surface area contributed by atoms with E-state index in [1.165, 1.54) is 10.9 Å². The molecule has 0 spiro atoms. The van der Waals surface area contributed by atoms with Gasteiger partial charge in [-0.05, 0) is 30.7 Å².